The van der Waals surface area contributed by atoms with E-state index in [1.54, 1.807) is 18.2 Å². The number of carboxylic acids is 1. The number of carboxylic acid groups (broad SMARTS) is 1. The fourth-order valence-corrected chi connectivity index (χ4v) is 2.21. The first-order chi connectivity index (χ1) is 9.04. The van der Waals surface area contributed by atoms with E-state index in [-0.39, 0.29) is 17.9 Å². The van der Waals surface area contributed by atoms with Crippen molar-refractivity contribution >= 4 is 28.5 Å². The van der Waals surface area contributed by atoms with Crippen LogP contribution in [-0.4, -0.2) is 38.3 Å². The molecule has 1 heterocycles. The van der Waals surface area contributed by atoms with Crippen LogP contribution in [0.15, 0.2) is 24.4 Å². The van der Waals surface area contributed by atoms with Crippen molar-refractivity contribution in [2.24, 2.45) is 0 Å². The number of halogens is 1. The SMILES string of the molecule is O=C(O)c1c[nH]c2ccc(C(O)C(O)CCCl)cc12. The quantitative estimate of drug-likeness (QED) is 0.630. The molecule has 2 atom stereocenters. The predicted octanol–water partition coefficient (Wildman–Crippen LogP) is 1.89. The van der Waals surface area contributed by atoms with Gasteiger partial charge in [0.1, 0.15) is 6.10 Å². The van der Waals surface area contributed by atoms with Gasteiger partial charge >= 0.3 is 5.97 Å². The highest BCUT2D eigenvalue weighted by molar-refractivity contribution is 6.17. The van der Waals surface area contributed by atoms with Crippen LogP contribution in [0.4, 0.5) is 0 Å². The van der Waals surface area contributed by atoms with E-state index >= 15 is 0 Å². The van der Waals surface area contributed by atoms with E-state index in [2.05, 4.69) is 4.98 Å². The van der Waals surface area contributed by atoms with Crippen LogP contribution in [0.1, 0.15) is 28.4 Å². The highest BCUT2D eigenvalue weighted by Crippen LogP contribution is 2.25. The molecule has 0 fully saturated rings. The first-order valence-corrected chi connectivity index (χ1v) is 6.34. The number of alkyl halides is 1. The first kappa shape index (κ1) is 13.9. The highest BCUT2D eigenvalue weighted by Gasteiger charge is 2.19. The topological polar surface area (TPSA) is 93.5 Å². The minimum atomic E-state index is -1.08. The zero-order chi connectivity index (χ0) is 14.0. The van der Waals surface area contributed by atoms with Gasteiger partial charge in [0.15, 0.2) is 0 Å². The van der Waals surface area contributed by atoms with Gasteiger partial charge in [0.2, 0.25) is 0 Å². The second-order valence-electron chi connectivity index (χ2n) is 4.30. The van der Waals surface area contributed by atoms with Crippen molar-refractivity contribution < 1.29 is 20.1 Å². The zero-order valence-electron chi connectivity index (χ0n) is 10.0. The number of aliphatic hydroxyl groups excluding tert-OH is 2. The van der Waals surface area contributed by atoms with Crippen LogP contribution in [0.3, 0.4) is 0 Å². The summed E-state index contributed by atoms with van der Waals surface area (Å²) in [6, 6.07) is 4.89. The monoisotopic (exact) mass is 283 g/mol. The molecule has 2 unspecified atom stereocenters. The van der Waals surface area contributed by atoms with Crippen LogP contribution in [-0.2, 0) is 0 Å². The van der Waals surface area contributed by atoms with E-state index in [1.165, 1.54) is 6.20 Å². The second kappa shape index (κ2) is 5.61. The molecule has 2 rings (SSSR count). The van der Waals surface area contributed by atoms with Gasteiger partial charge in [-0.1, -0.05) is 6.07 Å². The summed E-state index contributed by atoms with van der Waals surface area (Å²) in [5, 5.41) is 29.2. The molecule has 19 heavy (non-hydrogen) atoms. The predicted molar refractivity (Wildman–Crippen MR) is 71.6 cm³/mol. The third-order valence-corrected chi connectivity index (χ3v) is 3.27. The molecule has 0 aliphatic heterocycles. The van der Waals surface area contributed by atoms with Crippen molar-refractivity contribution in [3.63, 3.8) is 0 Å². The lowest BCUT2D eigenvalue weighted by atomic mass is 10.0. The summed E-state index contributed by atoms with van der Waals surface area (Å²) in [6.07, 6.45) is -0.389. The van der Waals surface area contributed by atoms with Crippen molar-refractivity contribution in [3.05, 3.63) is 35.5 Å². The average molecular weight is 284 g/mol. The standard InChI is InChI=1S/C13H14ClNO4/c14-4-3-11(16)12(17)7-1-2-10-8(5-7)9(6-15-10)13(18)19/h1-2,5-6,11-12,15-17H,3-4H2,(H,18,19). The molecule has 5 nitrogen and oxygen atoms in total. The Hall–Kier alpha value is -1.56. The van der Waals surface area contributed by atoms with Crippen LogP contribution in [0, 0.1) is 0 Å². The molecule has 0 aliphatic carbocycles. The fraction of sp³-hybridized carbons (Fsp3) is 0.308. The van der Waals surface area contributed by atoms with Gasteiger partial charge in [-0.15, -0.1) is 11.6 Å². The number of nitrogens with one attached hydrogen (secondary N) is 1. The molecule has 0 spiro atoms. The van der Waals surface area contributed by atoms with Crippen molar-refractivity contribution in [3.8, 4) is 0 Å². The lowest BCUT2D eigenvalue weighted by Crippen LogP contribution is -2.18. The molecule has 0 aliphatic rings. The minimum absolute atomic E-state index is 0.135. The normalized spacial score (nSPS) is 14.5. The molecule has 1 aromatic carbocycles. The van der Waals surface area contributed by atoms with E-state index < -0.39 is 18.2 Å². The van der Waals surface area contributed by atoms with Gasteiger partial charge in [-0.3, -0.25) is 0 Å². The molecule has 0 saturated heterocycles. The minimum Gasteiger partial charge on any atom is -0.478 e. The summed E-state index contributed by atoms with van der Waals surface area (Å²) in [5.41, 5.74) is 1.27. The molecule has 102 valence electrons. The molecule has 0 amide bonds. The number of aromatic carboxylic acids is 1. The van der Waals surface area contributed by atoms with Crippen LogP contribution >= 0.6 is 11.6 Å². The van der Waals surface area contributed by atoms with Crippen molar-refractivity contribution in [1.82, 2.24) is 4.98 Å². The third-order valence-electron chi connectivity index (χ3n) is 3.05. The summed E-state index contributed by atoms with van der Waals surface area (Å²) < 4.78 is 0. The molecule has 0 radical (unpaired) electrons. The number of aromatic amines is 1. The Bertz CT molecular complexity index is 595. The maximum atomic E-state index is 11.0. The van der Waals surface area contributed by atoms with Gasteiger partial charge in [0.25, 0.3) is 0 Å². The van der Waals surface area contributed by atoms with E-state index in [0.717, 1.165) is 0 Å². The molecule has 4 N–H and O–H groups in total. The van der Waals surface area contributed by atoms with Gasteiger partial charge < -0.3 is 20.3 Å². The largest absolute Gasteiger partial charge is 0.478 e. The summed E-state index contributed by atoms with van der Waals surface area (Å²) in [5.74, 6) is -0.801. The van der Waals surface area contributed by atoms with Crippen LogP contribution < -0.4 is 0 Å². The van der Waals surface area contributed by atoms with E-state index in [4.69, 9.17) is 16.7 Å². The summed E-state index contributed by atoms with van der Waals surface area (Å²) >= 11 is 5.52. The second-order valence-corrected chi connectivity index (χ2v) is 4.68. The lowest BCUT2D eigenvalue weighted by Gasteiger charge is -2.17. The smallest absolute Gasteiger partial charge is 0.337 e. The molecule has 6 heteroatoms. The Morgan fingerprint density at radius 1 is 1.37 bits per heavy atom. The van der Waals surface area contributed by atoms with Gasteiger partial charge in [0.05, 0.1) is 11.7 Å². The number of H-pyrrole nitrogens is 1. The van der Waals surface area contributed by atoms with E-state index in [0.29, 0.717) is 16.5 Å². The number of benzene rings is 1. The van der Waals surface area contributed by atoms with Crippen molar-refractivity contribution in [2.45, 2.75) is 18.6 Å². The number of fused-ring (bicyclic) bond motifs is 1. The molecule has 0 bridgehead atoms. The first-order valence-electron chi connectivity index (χ1n) is 5.81. The molecule has 2 aromatic rings. The summed E-state index contributed by atoms with van der Waals surface area (Å²) in [6.45, 7) is 0. The number of hydrogen-bond acceptors (Lipinski definition) is 3. The zero-order valence-corrected chi connectivity index (χ0v) is 10.8. The Morgan fingerprint density at radius 3 is 2.74 bits per heavy atom. The molecular formula is C13H14ClNO4. The average Bonchev–Trinajstić information content (AvgIpc) is 2.80. The van der Waals surface area contributed by atoms with E-state index in [1.807, 2.05) is 0 Å². The van der Waals surface area contributed by atoms with Crippen LogP contribution in [0.2, 0.25) is 0 Å². The maximum Gasteiger partial charge on any atom is 0.337 e. The molecule has 0 saturated carbocycles. The lowest BCUT2D eigenvalue weighted by molar-refractivity contribution is 0.0171. The van der Waals surface area contributed by atoms with Gasteiger partial charge in [-0.25, -0.2) is 4.79 Å². The number of aliphatic hydroxyl groups is 2. The van der Waals surface area contributed by atoms with Gasteiger partial charge in [-0.2, -0.15) is 0 Å². The molecular weight excluding hydrogens is 270 g/mol. The van der Waals surface area contributed by atoms with Gasteiger partial charge in [0, 0.05) is 23.0 Å². The van der Waals surface area contributed by atoms with Crippen molar-refractivity contribution in [2.75, 3.05) is 5.88 Å². The van der Waals surface area contributed by atoms with E-state index in [9.17, 15) is 15.0 Å². The number of aromatic nitrogens is 1. The number of hydrogen-bond donors (Lipinski definition) is 4. The summed E-state index contributed by atoms with van der Waals surface area (Å²) in [7, 11) is 0. The third kappa shape index (κ3) is 2.73. The summed E-state index contributed by atoms with van der Waals surface area (Å²) in [4.78, 5) is 13.9. The Morgan fingerprint density at radius 2 is 2.11 bits per heavy atom. The van der Waals surface area contributed by atoms with Gasteiger partial charge in [-0.05, 0) is 24.1 Å². The Kier molecular flexibility index (Phi) is 4.09. The Labute approximate surface area is 114 Å². The molecule has 1 aromatic heterocycles. The van der Waals surface area contributed by atoms with Crippen LogP contribution in [0.25, 0.3) is 10.9 Å². The number of rotatable bonds is 5. The maximum absolute atomic E-state index is 11.0. The Balaban J connectivity index is 2.39. The van der Waals surface area contributed by atoms with Crippen LogP contribution in [0.5, 0.6) is 0 Å². The van der Waals surface area contributed by atoms with Crippen molar-refractivity contribution in [1.29, 1.82) is 0 Å². The number of carbonyl (C=O) groups is 1. The highest BCUT2D eigenvalue weighted by atomic mass is 35.5. The fourth-order valence-electron chi connectivity index (χ4n) is 1.99.